The summed E-state index contributed by atoms with van der Waals surface area (Å²) < 4.78 is 1.56. The van der Waals surface area contributed by atoms with Crippen molar-refractivity contribution in [2.24, 2.45) is 7.05 Å². The first-order valence-corrected chi connectivity index (χ1v) is 4.07. The molecule has 0 amide bonds. The van der Waals surface area contributed by atoms with E-state index >= 15 is 0 Å². The minimum atomic E-state index is 0.580. The molecule has 2 aromatic rings. The minimum Gasteiger partial charge on any atom is -0.347 e. The number of aromatic nitrogens is 6. The first-order valence-electron chi connectivity index (χ1n) is 4.07. The Kier molecular flexibility index (Phi) is 2.30. The van der Waals surface area contributed by atoms with E-state index in [-0.39, 0.29) is 0 Å². The van der Waals surface area contributed by atoms with Crippen LogP contribution in [0.1, 0.15) is 5.69 Å². The topological polar surface area (TPSA) is 81.4 Å². The third-order valence-electron chi connectivity index (χ3n) is 1.69. The number of hydrogen-bond acceptors (Lipinski definition) is 6. The molecular formula is C7H9N7. The van der Waals surface area contributed by atoms with Gasteiger partial charge in [0, 0.05) is 13.2 Å². The van der Waals surface area contributed by atoms with Gasteiger partial charge in [-0.1, -0.05) is 5.10 Å². The van der Waals surface area contributed by atoms with E-state index in [0.29, 0.717) is 12.5 Å². The molecule has 0 radical (unpaired) electrons. The van der Waals surface area contributed by atoms with Gasteiger partial charge in [-0.3, -0.25) is 0 Å². The molecule has 0 atom stereocenters. The van der Waals surface area contributed by atoms with E-state index < -0.39 is 0 Å². The molecule has 0 bridgehead atoms. The Morgan fingerprint density at radius 3 is 3.07 bits per heavy atom. The molecule has 0 saturated carbocycles. The Morgan fingerprint density at radius 2 is 2.43 bits per heavy atom. The van der Waals surface area contributed by atoms with Gasteiger partial charge >= 0.3 is 0 Å². The summed E-state index contributed by atoms with van der Waals surface area (Å²) in [6, 6.07) is 1.83. The van der Waals surface area contributed by atoms with Crippen molar-refractivity contribution in [3.63, 3.8) is 0 Å². The molecule has 0 aromatic carbocycles. The first kappa shape index (κ1) is 8.54. The fourth-order valence-corrected chi connectivity index (χ4v) is 0.971. The van der Waals surface area contributed by atoms with Crippen LogP contribution < -0.4 is 5.32 Å². The second-order valence-corrected chi connectivity index (χ2v) is 2.68. The van der Waals surface area contributed by atoms with Gasteiger partial charge in [-0.25, -0.2) is 14.6 Å². The molecule has 0 spiro atoms. The lowest BCUT2D eigenvalue weighted by atomic mass is 10.4. The summed E-state index contributed by atoms with van der Waals surface area (Å²) in [6.45, 7) is 0.580. The van der Waals surface area contributed by atoms with Crippen LogP contribution in [0.4, 0.5) is 5.95 Å². The van der Waals surface area contributed by atoms with Crippen molar-refractivity contribution in [1.29, 1.82) is 0 Å². The zero-order valence-corrected chi connectivity index (χ0v) is 7.62. The average molecular weight is 191 g/mol. The summed E-state index contributed by atoms with van der Waals surface area (Å²) in [5, 5.41) is 14.0. The summed E-state index contributed by atoms with van der Waals surface area (Å²) >= 11 is 0. The Labute approximate surface area is 80.2 Å². The number of anilines is 1. The van der Waals surface area contributed by atoms with Crippen LogP contribution in [-0.4, -0.2) is 30.2 Å². The molecule has 2 aromatic heterocycles. The van der Waals surface area contributed by atoms with Gasteiger partial charge in [-0.15, -0.1) is 0 Å². The molecule has 14 heavy (non-hydrogen) atoms. The summed E-state index contributed by atoms with van der Waals surface area (Å²) in [6.07, 6.45) is 3.20. The maximum Gasteiger partial charge on any atom is 0.242 e. The highest BCUT2D eigenvalue weighted by Crippen LogP contribution is 1.99. The van der Waals surface area contributed by atoms with Crippen LogP contribution in [0, 0.1) is 0 Å². The Hall–Kier alpha value is -2.05. The van der Waals surface area contributed by atoms with Gasteiger partial charge in [-0.05, 0) is 16.5 Å². The van der Waals surface area contributed by atoms with E-state index in [0.717, 1.165) is 5.69 Å². The highest BCUT2D eigenvalue weighted by atomic mass is 15.6. The zero-order valence-electron chi connectivity index (χ0n) is 7.62. The molecule has 0 saturated heterocycles. The molecule has 0 aliphatic rings. The highest BCUT2D eigenvalue weighted by Gasteiger charge is 2.00. The zero-order chi connectivity index (χ0) is 9.80. The standard InChI is InChI=1S/C7H9N7/c1-14-7(11-12-13-14)9-4-6-2-3-8-5-10-6/h2-3,5H,4H2,1H3,(H,9,11,13). The molecule has 0 aliphatic carbocycles. The van der Waals surface area contributed by atoms with Crippen LogP contribution in [0.3, 0.4) is 0 Å². The number of rotatable bonds is 3. The summed E-state index contributed by atoms with van der Waals surface area (Å²) in [5.74, 6) is 0.614. The highest BCUT2D eigenvalue weighted by molar-refractivity contribution is 5.22. The van der Waals surface area contributed by atoms with Crippen molar-refractivity contribution >= 4 is 5.95 Å². The van der Waals surface area contributed by atoms with Crippen molar-refractivity contribution in [3.05, 3.63) is 24.3 Å². The van der Waals surface area contributed by atoms with Crippen LogP contribution in [0.5, 0.6) is 0 Å². The van der Waals surface area contributed by atoms with Gasteiger partial charge in [0.1, 0.15) is 6.33 Å². The third kappa shape index (κ3) is 1.82. The maximum atomic E-state index is 4.06. The largest absolute Gasteiger partial charge is 0.347 e. The Morgan fingerprint density at radius 1 is 1.50 bits per heavy atom. The van der Waals surface area contributed by atoms with Gasteiger partial charge in [0.2, 0.25) is 5.95 Å². The van der Waals surface area contributed by atoms with Gasteiger partial charge < -0.3 is 5.32 Å². The number of tetrazole rings is 1. The Bertz CT molecular complexity index is 395. The lowest BCUT2D eigenvalue weighted by molar-refractivity contribution is 0.712. The number of nitrogens with zero attached hydrogens (tertiary/aromatic N) is 6. The lowest BCUT2D eigenvalue weighted by Gasteiger charge is -2.01. The van der Waals surface area contributed by atoms with Crippen molar-refractivity contribution < 1.29 is 0 Å². The number of hydrogen-bond donors (Lipinski definition) is 1. The molecule has 0 fully saturated rings. The van der Waals surface area contributed by atoms with Crippen LogP contribution in [-0.2, 0) is 13.6 Å². The minimum absolute atomic E-state index is 0.580. The normalized spacial score (nSPS) is 10.1. The SMILES string of the molecule is Cn1nnnc1NCc1ccncn1. The second-order valence-electron chi connectivity index (χ2n) is 2.68. The molecule has 2 rings (SSSR count). The Balaban J connectivity index is 1.99. The second kappa shape index (κ2) is 3.77. The van der Waals surface area contributed by atoms with Gasteiger partial charge in [0.15, 0.2) is 0 Å². The van der Waals surface area contributed by atoms with Gasteiger partial charge in [0.05, 0.1) is 12.2 Å². The molecule has 7 nitrogen and oxygen atoms in total. The molecule has 2 heterocycles. The maximum absolute atomic E-state index is 4.06. The number of aryl methyl sites for hydroxylation is 1. The van der Waals surface area contributed by atoms with E-state index in [9.17, 15) is 0 Å². The summed E-state index contributed by atoms with van der Waals surface area (Å²) in [4.78, 5) is 7.88. The van der Waals surface area contributed by atoms with Crippen molar-refractivity contribution in [2.75, 3.05) is 5.32 Å². The van der Waals surface area contributed by atoms with Crippen molar-refractivity contribution in [1.82, 2.24) is 30.2 Å². The molecule has 7 heteroatoms. The lowest BCUT2D eigenvalue weighted by Crippen LogP contribution is -2.06. The van der Waals surface area contributed by atoms with E-state index in [4.69, 9.17) is 0 Å². The monoisotopic (exact) mass is 191 g/mol. The third-order valence-corrected chi connectivity index (χ3v) is 1.69. The van der Waals surface area contributed by atoms with Crippen molar-refractivity contribution in [2.45, 2.75) is 6.54 Å². The van der Waals surface area contributed by atoms with Crippen molar-refractivity contribution in [3.8, 4) is 0 Å². The van der Waals surface area contributed by atoms with E-state index in [1.807, 2.05) is 6.07 Å². The number of nitrogens with one attached hydrogen (secondary N) is 1. The predicted octanol–water partition coefficient (Wildman–Crippen LogP) is -0.388. The smallest absolute Gasteiger partial charge is 0.242 e. The van der Waals surface area contributed by atoms with E-state index in [1.165, 1.54) is 6.33 Å². The first-order chi connectivity index (χ1) is 6.86. The molecular weight excluding hydrogens is 182 g/mol. The van der Waals surface area contributed by atoms with Crippen LogP contribution >= 0.6 is 0 Å². The fourth-order valence-electron chi connectivity index (χ4n) is 0.971. The fraction of sp³-hybridized carbons (Fsp3) is 0.286. The van der Waals surface area contributed by atoms with Crippen LogP contribution in [0.15, 0.2) is 18.6 Å². The molecule has 72 valence electrons. The van der Waals surface area contributed by atoms with E-state index in [1.54, 1.807) is 17.9 Å². The average Bonchev–Trinajstić information content (AvgIpc) is 2.63. The predicted molar refractivity (Wildman–Crippen MR) is 48.2 cm³/mol. The molecule has 0 unspecified atom stereocenters. The molecule has 1 N–H and O–H groups in total. The summed E-state index contributed by atoms with van der Waals surface area (Å²) in [5.41, 5.74) is 0.892. The quantitative estimate of drug-likeness (QED) is 0.711. The molecule has 0 aliphatic heterocycles. The van der Waals surface area contributed by atoms with E-state index in [2.05, 4.69) is 30.8 Å². The van der Waals surface area contributed by atoms with Gasteiger partial charge in [0.25, 0.3) is 0 Å². The van der Waals surface area contributed by atoms with Gasteiger partial charge in [-0.2, -0.15) is 0 Å². The van der Waals surface area contributed by atoms with Crippen LogP contribution in [0.25, 0.3) is 0 Å². The van der Waals surface area contributed by atoms with Crippen LogP contribution in [0.2, 0.25) is 0 Å². The summed E-state index contributed by atoms with van der Waals surface area (Å²) in [7, 11) is 1.77.